The fraction of sp³-hybridized carbons (Fsp3) is 0.379. The molecule has 0 spiro atoms. The Bertz CT molecular complexity index is 1160. The van der Waals surface area contributed by atoms with Crippen LogP contribution in [0.1, 0.15) is 30.9 Å². The summed E-state index contributed by atoms with van der Waals surface area (Å²) in [6.45, 7) is 1.77. The zero-order valence-electron chi connectivity index (χ0n) is 21.4. The summed E-state index contributed by atoms with van der Waals surface area (Å²) < 4.78 is 34.5. The van der Waals surface area contributed by atoms with Crippen molar-refractivity contribution in [2.24, 2.45) is 0 Å². The summed E-state index contributed by atoms with van der Waals surface area (Å²) in [5, 5.41) is 4.27. The number of carbonyl (C=O) groups is 2. The van der Waals surface area contributed by atoms with Gasteiger partial charge in [0, 0.05) is 25.5 Å². The van der Waals surface area contributed by atoms with Gasteiger partial charge < -0.3 is 10.1 Å². The summed E-state index contributed by atoms with van der Waals surface area (Å²) in [4.78, 5) is 32.0. The maximum Gasteiger partial charge on any atom is 0.411 e. The third-order valence-electron chi connectivity index (χ3n) is 6.64. The molecule has 2 atom stereocenters. The average Bonchev–Trinajstić information content (AvgIpc) is 3.31. The van der Waals surface area contributed by atoms with E-state index in [4.69, 9.17) is 9.57 Å². The van der Waals surface area contributed by atoms with Crippen LogP contribution in [0.15, 0.2) is 78.6 Å². The topological polar surface area (TPSA) is 71.1 Å². The lowest BCUT2D eigenvalue weighted by molar-refractivity contribution is -0.184. The van der Waals surface area contributed by atoms with Gasteiger partial charge in [0.1, 0.15) is 11.9 Å². The van der Waals surface area contributed by atoms with Gasteiger partial charge in [0.2, 0.25) is 5.91 Å². The summed E-state index contributed by atoms with van der Waals surface area (Å²) in [5.41, 5.74) is 0.970. The summed E-state index contributed by atoms with van der Waals surface area (Å²) in [6.07, 6.45) is 2.44. The number of halogens is 2. The lowest BCUT2D eigenvalue weighted by Gasteiger charge is -2.42. The number of cyclic esters (lactones) is 1. The molecule has 1 N–H and O–H groups in total. The molecule has 9 heteroatoms. The van der Waals surface area contributed by atoms with Crippen molar-refractivity contribution in [2.75, 3.05) is 32.9 Å². The molecule has 0 radical (unpaired) electrons. The van der Waals surface area contributed by atoms with E-state index in [2.05, 4.69) is 5.32 Å². The molecule has 2 aliphatic rings. The zero-order valence-corrected chi connectivity index (χ0v) is 21.4. The van der Waals surface area contributed by atoms with E-state index in [0.29, 0.717) is 5.57 Å². The van der Waals surface area contributed by atoms with Gasteiger partial charge in [-0.15, -0.1) is 0 Å². The molecule has 1 unspecified atom stereocenters. The van der Waals surface area contributed by atoms with E-state index in [1.165, 1.54) is 11.8 Å². The smallest absolute Gasteiger partial charge is 0.411 e. The minimum atomic E-state index is -1.14. The van der Waals surface area contributed by atoms with Gasteiger partial charge in [-0.25, -0.2) is 9.18 Å². The van der Waals surface area contributed by atoms with Crippen molar-refractivity contribution in [1.82, 2.24) is 15.3 Å². The van der Waals surface area contributed by atoms with Crippen LogP contribution >= 0.6 is 0 Å². The van der Waals surface area contributed by atoms with Crippen LogP contribution in [-0.2, 0) is 21.0 Å². The number of benzene rings is 2. The SMILES string of the molecule is CC(=O)NC[C@H]1CN(C2(CN(CCCF)OCc3ccccc3)C=CC(c3ccccc3)=C(F)C2)C(=O)O1. The molecule has 202 valence electrons. The summed E-state index contributed by atoms with van der Waals surface area (Å²) >= 11 is 0. The van der Waals surface area contributed by atoms with Gasteiger partial charge in [-0.2, -0.15) is 5.06 Å². The number of alkyl halides is 1. The number of hydroxylamine groups is 2. The third-order valence-corrected chi connectivity index (χ3v) is 6.64. The first-order valence-electron chi connectivity index (χ1n) is 12.7. The van der Waals surface area contributed by atoms with Crippen LogP contribution in [0.4, 0.5) is 13.6 Å². The van der Waals surface area contributed by atoms with E-state index in [0.717, 1.165) is 11.1 Å². The number of hydrogen-bond acceptors (Lipinski definition) is 5. The van der Waals surface area contributed by atoms with Gasteiger partial charge in [0.15, 0.2) is 0 Å². The Labute approximate surface area is 221 Å². The number of rotatable bonds is 12. The number of amides is 2. The highest BCUT2D eigenvalue weighted by Gasteiger charge is 2.48. The monoisotopic (exact) mass is 525 g/mol. The molecule has 1 aliphatic carbocycles. The lowest BCUT2D eigenvalue weighted by atomic mass is 9.84. The highest BCUT2D eigenvalue weighted by atomic mass is 19.1. The van der Waals surface area contributed by atoms with E-state index in [1.54, 1.807) is 11.1 Å². The second-order valence-corrected chi connectivity index (χ2v) is 9.52. The molecule has 1 fully saturated rings. The Morgan fingerprint density at radius 3 is 2.55 bits per heavy atom. The Balaban J connectivity index is 1.61. The maximum atomic E-state index is 15.8. The highest BCUT2D eigenvalue weighted by molar-refractivity contribution is 5.79. The maximum absolute atomic E-state index is 15.8. The molecule has 1 saturated heterocycles. The third kappa shape index (κ3) is 6.85. The standard InChI is InChI=1S/C29H33F2N3O4/c1-22(35)32-18-25-19-34(28(36)38-25)29(14-13-26(27(31)17-29)24-11-6-3-7-12-24)21-33(16-8-15-30)37-20-23-9-4-2-5-10-23/h2-7,9-14,25H,8,15-21H2,1H3,(H,32,35)/t25-,29?/m0/s1. The molecule has 2 aromatic carbocycles. The van der Waals surface area contributed by atoms with E-state index >= 15 is 4.39 Å². The van der Waals surface area contributed by atoms with Crippen molar-refractivity contribution in [1.29, 1.82) is 0 Å². The summed E-state index contributed by atoms with van der Waals surface area (Å²) in [7, 11) is 0. The number of ether oxygens (including phenoxy) is 1. The minimum Gasteiger partial charge on any atom is -0.442 e. The first-order valence-corrected chi connectivity index (χ1v) is 12.7. The molecule has 4 rings (SSSR count). The first kappa shape index (κ1) is 27.5. The number of allylic oxidation sites excluding steroid dienone is 2. The second-order valence-electron chi connectivity index (χ2n) is 9.52. The van der Waals surface area contributed by atoms with Gasteiger partial charge in [0.05, 0.1) is 38.5 Å². The lowest BCUT2D eigenvalue weighted by Crippen LogP contribution is -2.56. The van der Waals surface area contributed by atoms with Gasteiger partial charge in [-0.1, -0.05) is 72.8 Å². The predicted octanol–water partition coefficient (Wildman–Crippen LogP) is 4.82. The van der Waals surface area contributed by atoms with Crippen LogP contribution in [0.5, 0.6) is 0 Å². The zero-order chi connectivity index (χ0) is 27.0. The van der Waals surface area contributed by atoms with E-state index < -0.39 is 24.4 Å². The number of hydrogen-bond donors (Lipinski definition) is 1. The van der Waals surface area contributed by atoms with Crippen molar-refractivity contribution >= 4 is 17.6 Å². The van der Waals surface area contributed by atoms with E-state index in [1.807, 2.05) is 66.7 Å². The summed E-state index contributed by atoms with van der Waals surface area (Å²) in [5.74, 6) is -0.606. The van der Waals surface area contributed by atoms with Crippen LogP contribution in [0.3, 0.4) is 0 Å². The molecule has 2 aromatic rings. The molecular formula is C29H33F2N3O4. The van der Waals surface area contributed by atoms with Gasteiger partial charge >= 0.3 is 6.09 Å². The quantitative estimate of drug-likeness (QED) is 0.403. The Kier molecular flexibility index (Phi) is 9.25. The van der Waals surface area contributed by atoms with Gasteiger partial charge in [0.25, 0.3) is 0 Å². The van der Waals surface area contributed by atoms with Crippen molar-refractivity contribution in [2.45, 2.75) is 38.0 Å². The van der Waals surface area contributed by atoms with Gasteiger partial charge in [-0.3, -0.25) is 18.9 Å². The van der Waals surface area contributed by atoms with Crippen molar-refractivity contribution in [3.8, 4) is 0 Å². The van der Waals surface area contributed by atoms with Crippen molar-refractivity contribution < 1.29 is 27.9 Å². The molecule has 2 amide bonds. The van der Waals surface area contributed by atoms with E-state index in [-0.39, 0.29) is 57.4 Å². The summed E-state index contributed by atoms with van der Waals surface area (Å²) in [6, 6.07) is 18.7. The minimum absolute atomic E-state index is 0.101. The molecule has 1 heterocycles. The van der Waals surface area contributed by atoms with Crippen molar-refractivity contribution in [3.05, 3.63) is 89.8 Å². The molecule has 0 bridgehead atoms. The average molecular weight is 526 g/mol. The Morgan fingerprint density at radius 1 is 1.18 bits per heavy atom. The highest BCUT2D eigenvalue weighted by Crippen LogP contribution is 2.39. The molecule has 38 heavy (non-hydrogen) atoms. The first-order chi connectivity index (χ1) is 18.4. The van der Waals surface area contributed by atoms with Crippen molar-refractivity contribution in [3.63, 3.8) is 0 Å². The normalized spacial score (nSPS) is 21.2. The molecule has 0 saturated carbocycles. The van der Waals surface area contributed by atoms with Gasteiger partial charge in [-0.05, 0) is 17.5 Å². The van der Waals surface area contributed by atoms with Crippen LogP contribution in [0.2, 0.25) is 0 Å². The Morgan fingerprint density at radius 2 is 1.89 bits per heavy atom. The number of nitrogens with zero attached hydrogens (tertiary/aromatic N) is 2. The molecular weight excluding hydrogens is 492 g/mol. The number of nitrogens with one attached hydrogen (secondary N) is 1. The fourth-order valence-electron chi connectivity index (χ4n) is 4.72. The fourth-order valence-corrected chi connectivity index (χ4v) is 4.72. The number of carbonyl (C=O) groups excluding carboxylic acids is 2. The van der Waals surface area contributed by atoms with Crippen LogP contribution in [0, 0.1) is 0 Å². The van der Waals surface area contributed by atoms with Crippen LogP contribution in [0.25, 0.3) is 5.57 Å². The Hall–Kier alpha value is -3.56. The second kappa shape index (κ2) is 12.8. The predicted molar refractivity (Wildman–Crippen MR) is 140 cm³/mol. The molecule has 7 nitrogen and oxygen atoms in total. The molecule has 0 aromatic heterocycles. The van der Waals surface area contributed by atoms with E-state index in [9.17, 15) is 14.0 Å². The molecule has 1 aliphatic heterocycles. The largest absolute Gasteiger partial charge is 0.442 e. The van der Waals surface area contributed by atoms with Crippen LogP contribution in [-0.4, -0.2) is 66.5 Å². The van der Waals surface area contributed by atoms with Crippen LogP contribution < -0.4 is 5.32 Å².